The van der Waals surface area contributed by atoms with Crippen LogP contribution in [0.5, 0.6) is 0 Å². The number of rotatable bonds is 4. The molecule has 7 heteroatoms. The maximum absolute atomic E-state index is 13.6. The number of aromatic nitrogens is 1. The van der Waals surface area contributed by atoms with Crippen LogP contribution >= 0.6 is 0 Å². The zero-order valence-electron chi connectivity index (χ0n) is 20.1. The fourth-order valence-corrected chi connectivity index (χ4v) is 5.23. The van der Waals surface area contributed by atoms with Crippen LogP contribution in [0, 0.1) is 19.8 Å². The lowest BCUT2D eigenvalue weighted by molar-refractivity contribution is -0.124. The Kier molecular flexibility index (Phi) is 5.23. The smallest absolute Gasteiger partial charge is 0.232 e. The van der Waals surface area contributed by atoms with Gasteiger partial charge in [0.15, 0.2) is 0 Å². The highest BCUT2D eigenvalue weighted by molar-refractivity contribution is 6.05. The fourth-order valence-electron chi connectivity index (χ4n) is 5.23. The molecule has 0 saturated carbocycles. The highest BCUT2D eigenvalue weighted by Gasteiger charge is 2.43. The van der Waals surface area contributed by atoms with Crippen molar-refractivity contribution in [2.45, 2.75) is 46.0 Å². The summed E-state index contributed by atoms with van der Waals surface area (Å²) in [5.74, 6) is 0.421. The SMILES string of the molecule is Cc1noc(C)c1Cc1ccc2c(c1)C(C)(C)CN2C(=O)C1CC(=O)N(c2cccc(N)c2)C1. The van der Waals surface area contributed by atoms with Crippen molar-refractivity contribution in [2.75, 3.05) is 28.6 Å². The van der Waals surface area contributed by atoms with Gasteiger partial charge in [0.2, 0.25) is 11.8 Å². The Morgan fingerprint density at radius 3 is 2.71 bits per heavy atom. The van der Waals surface area contributed by atoms with Crippen LogP contribution in [0.1, 0.15) is 48.4 Å². The first kappa shape index (κ1) is 22.2. The van der Waals surface area contributed by atoms with Crippen molar-refractivity contribution in [3.8, 4) is 0 Å². The quantitative estimate of drug-likeness (QED) is 0.593. The number of carbonyl (C=O) groups is 2. The average Bonchev–Trinajstić information content (AvgIpc) is 3.42. The summed E-state index contributed by atoms with van der Waals surface area (Å²) in [4.78, 5) is 29.9. The van der Waals surface area contributed by atoms with Crippen LogP contribution in [-0.4, -0.2) is 30.1 Å². The van der Waals surface area contributed by atoms with Gasteiger partial charge in [-0.15, -0.1) is 0 Å². The molecule has 5 rings (SSSR count). The molecule has 2 aliphatic rings. The van der Waals surface area contributed by atoms with Crippen LogP contribution in [0.3, 0.4) is 0 Å². The minimum atomic E-state index is -0.377. The van der Waals surface area contributed by atoms with Gasteiger partial charge in [-0.2, -0.15) is 0 Å². The number of nitrogen functional groups attached to an aromatic ring is 1. The average molecular weight is 459 g/mol. The van der Waals surface area contributed by atoms with Gasteiger partial charge in [0.1, 0.15) is 5.76 Å². The molecule has 176 valence electrons. The summed E-state index contributed by atoms with van der Waals surface area (Å²) in [7, 11) is 0. The molecule has 0 spiro atoms. The first-order valence-corrected chi connectivity index (χ1v) is 11.7. The van der Waals surface area contributed by atoms with Crippen LogP contribution in [0.4, 0.5) is 17.1 Å². The van der Waals surface area contributed by atoms with E-state index in [2.05, 4.69) is 31.1 Å². The van der Waals surface area contributed by atoms with Crippen LogP contribution in [-0.2, 0) is 21.4 Å². The van der Waals surface area contributed by atoms with Gasteiger partial charge in [-0.1, -0.05) is 37.2 Å². The summed E-state index contributed by atoms with van der Waals surface area (Å²) in [5, 5.41) is 4.07. The summed E-state index contributed by atoms with van der Waals surface area (Å²) in [6, 6.07) is 13.6. The van der Waals surface area contributed by atoms with E-state index in [-0.39, 0.29) is 29.6 Å². The molecular formula is C27H30N4O3. The topological polar surface area (TPSA) is 92.7 Å². The molecule has 1 atom stereocenters. The number of hydrogen-bond donors (Lipinski definition) is 1. The zero-order valence-corrected chi connectivity index (χ0v) is 20.1. The third kappa shape index (κ3) is 3.75. The minimum absolute atomic E-state index is 0.00468. The molecule has 2 amide bonds. The molecule has 1 aromatic heterocycles. The second kappa shape index (κ2) is 8.01. The van der Waals surface area contributed by atoms with E-state index in [1.54, 1.807) is 17.0 Å². The van der Waals surface area contributed by atoms with E-state index in [1.165, 1.54) is 5.56 Å². The number of hydrogen-bond acceptors (Lipinski definition) is 5. The Hall–Kier alpha value is -3.61. The number of nitrogens with zero attached hydrogens (tertiary/aromatic N) is 3. The lowest BCUT2D eigenvalue weighted by Crippen LogP contribution is -2.39. The summed E-state index contributed by atoms with van der Waals surface area (Å²) < 4.78 is 5.32. The molecule has 1 fully saturated rings. The molecule has 0 radical (unpaired) electrons. The van der Waals surface area contributed by atoms with Crippen molar-refractivity contribution in [3.63, 3.8) is 0 Å². The van der Waals surface area contributed by atoms with Crippen molar-refractivity contribution < 1.29 is 14.1 Å². The number of nitrogens with two attached hydrogens (primary N) is 1. The minimum Gasteiger partial charge on any atom is -0.399 e. The molecule has 1 saturated heterocycles. The Bertz CT molecular complexity index is 1270. The van der Waals surface area contributed by atoms with E-state index in [9.17, 15) is 9.59 Å². The van der Waals surface area contributed by atoms with E-state index in [0.29, 0.717) is 18.8 Å². The highest BCUT2D eigenvalue weighted by atomic mass is 16.5. The van der Waals surface area contributed by atoms with Gasteiger partial charge in [-0.25, -0.2) is 0 Å². The van der Waals surface area contributed by atoms with Crippen LogP contribution < -0.4 is 15.5 Å². The number of carbonyl (C=O) groups excluding carboxylic acids is 2. The van der Waals surface area contributed by atoms with Gasteiger partial charge in [0.05, 0.1) is 11.6 Å². The Morgan fingerprint density at radius 1 is 1.21 bits per heavy atom. The molecule has 2 aliphatic heterocycles. The molecule has 3 aromatic rings. The summed E-state index contributed by atoms with van der Waals surface area (Å²) in [6.45, 7) is 9.19. The summed E-state index contributed by atoms with van der Waals surface area (Å²) in [5.41, 5.74) is 12.3. The number of benzene rings is 2. The van der Waals surface area contributed by atoms with Crippen LogP contribution in [0.25, 0.3) is 0 Å². The van der Waals surface area contributed by atoms with E-state index < -0.39 is 0 Å². The first-order chi connectivity index (χ1) is 16.1. The molecule has 3 heterocycles. The molecule has 2 aromatic carbocycles. The number of fused-ring (bicyclic) bond motifs is 1. The molecule has 7 nitrogen and oxygen atoms in total. The van der Waals surface area contributed by atoms with Crippen LogP contribution in [0.2, 0.25) is 0 Å². The lowest BCUT2D eigenvalue weighted by atomic mass is 9.85. The maximum Gasteiger partial charge on any atom is 0.232 e. The molecule has 1 unspecified atom stereocenters. The van der Waals surface area contributed by atoms with E-state index in [4.69, 9.17) is 10.3 Å². The van der Waals surface area contributed by atoms with Gasteiger partial charge in [-0.05, 0) is 49.2 Å². The Labute approximate surface area is 199 Å². The van der Waals surface area contributed by atoms with E-state index in [1.807, 2.05) is 36.9 Å². The van der Waals surface area contributed by atoms with Gasteiger partial charge in [0, 0.05) is 54.0 Å². The Balaban J connectivity index is 1.39. The first-order valence-electron chi connectivity index (χ1n) is 11.7. The zero-order chi connectivity index (χ0) is 24.2. The van der Waals surface area contributed by atoms with E-state index in [0.717, 1.165) is 40.4 Å². The lowest BCUT2D eigenvalue weighted by Gasteiger charge is -2.23. The van der Waals surface area contributed by atoms with Crippen molar-refractivity contribution in [1.29, 1.82) is 0 Å². The third-order valence-corrected chi connectivity index (χ3v) is 7.12. The normalized spacial score (nSPS) is 19.1. The standard InChI is InChI=1S/C27H30N4O3/c1-16-22(17(2)34-29-16)10-18-8-9-24-23(11-18)27(3,4)15-31(24)26(33)19-12-25(32)30(14-19)21-7-5-6-20(28)13-21/h5-9,11,13,19H,10,12,14-15,28H2,1-4H3. The predicted molar refractivity (Wildman–Crippen MR) is 132 cm³/mol. The van der Waals surface area contributed by atoms with Crippen molar-refractivity contribution >= 4 is 28.9 Å². The molecule has 34 heavy (non-hydrogen) atoms. The van der Waals surface area contributed by atoms with Gasteiger partial charge < -0.3 is 20.1 Å². The number of anilines is 3. The van der Waals surface area contributed by atoms with Crippen molar-refractivity contribution in [2.24, 2.45) is 5.92 Å². The van der Waals surface area contributed by atoms with Crippen molar-refractivity contribution in [1.82, 2.24) is 5.16 Å². The third-order valence-electron chi connectivity index (χ3n) is 7.12. The maximum atomic E-state index is 13.6. The molecule has 0 bridgehead atoms. The Morgan fingerprint density at radius 2 is 2.00 bits per heavy atom. The second-order valence-corrected chi connectivity index (χ2v) is 10.1. The second-order valence-electron chi connectivity index (χ2n) is 10.1. The monoisotopic (exact) mass is 458 g/mol. The van der Waals surface area contributed by atoms with Gasteiger partial charge in [0.25, 0.3) is 0 Å². The molecular weight excluding hydrogens is 428 g/mol. The van der Waals surface area contributed by atoms with Crippen molar-refractivity contribution in [3.05, 3.63) is 70.6 Å². The summed E-state index contributed by atoms with van der Waals surface area (Å²) in [6.07, 6.45) is 0.953. The van der Waals surface area contributed by atoms with Gasteiger partial charge in [-0.3, -0.25) is 9.59 Å². The van der Waals surface area contributed by atoms with Gasteiger partial charge >= 0.3 is 0 Å². The number of aryl methyl sites for hydroxylation is 2. The molecule has 0 aliphatic carbocycles. The number of amides is 2. The summed E-state index contributed by atoms with van der Waals surface area (Å²) >= 11 is 0. The predicted octanol–water partition coefficient (Wildman–Crippen LogP) is 4.14. The highest BCUT2D eigenvalue weighted by Crippen LogP contribution is 2.42. The largest absolute Gasteiger partial charge is 0.399 e. The fraction of sp³-hybridized carbons (Fsp3) is 0.370. The van der Waals surface area contributed by atoms with Crippen LogP contribution in [0.15, 0.2) is 47.0 Å². The van der Waals surface area contributed by atoms with E-state index >= 15 is 0 Å². The molecule has 2 N–H and O–H groups in total.